The van der Waals surface area contributed by atoms with Crippen molar-refractivity contribution < 1.29 is 9.50 Å². The summed E-state index contributed by atoms with van der Waals surface area (Å²) in [5.41, 5.74) is 3.88. The van der Waals surface area contributed by atoms with Crippen LogP contribution in [-0.2, 0) is 6.61 Å². The van der Waals surface area contributed by atoms with Gasteiger partial charge in [0.25, 0.3) is 0 Å². The van der Waals surface area contributed by atoms with E-state index in [0.717, 1.165) is 40.6 Å². The fourth-order valence-corrected chi connectivity index (χ4v) is 3.10. The van der Waals surface area contributed by atoms with E-state index in [4.69, 9.17) is 4.98 Å². The van der Waals surface area contributed by atoms with Gasteiger partial charge in [0, 0.05) is 28.0 Å². The van der Waals surface area contributed by atoms with Crippen LogP contribution in [0, 0.1) is 5.82 Å². The normalized spacial score (nSPS) is 14.5. The molecule has 3 aromatic rings. The molecular weight excluding hydrogens is 277 g/mol. The number of rotatable bonds is 3. The molecule has 1 aliphatic rings. The van der Waals surface area contributed by atoms with Crippen molar-refractivity contribution in [2.24, 2.45) is 0 Å². The fourth-order valence-electron chi connectivity index (χ4n) is 3.10. The Kier molecular flexibility index (Phi) is 3.16. The number of aliphatic hydroxyl groups is 1. The highest BCUT2D eigenvalue weighted by atomic mass is 19.1. The van der Waals surface area contributed by atoms with E-state index in [1.54, 1.807) is 12.1 Å². The average molecular weight is 293 g/mol. The molecule has 0 spiro atoms. The second-order valence-electron chi connectivity index (χ2n) is 5.78. The third kappa shape index (κ3) is 2.09. The monoisotopic (exact) mass is 293 g/mol. The van der Waals surface area contributed by atoms with Gasteiger partial charge in [-0.25, -0.2) is 4.39 Å². The van der Waals surface area contributed by atoms with Crippen molar-refractivity contribution in [1.29, 1.82) is 0 Å². The van der Waals surface area contributed by atoms with Crippen molar-refractivity contribution in [3.63, 3.8) is 0 Å². The van der Waals surface area contributed by atoms with Gasteiger partial charge >= 0.3 is 0 Å². The van der Waals surface area contributed by atoms with E-state index in [0.29, 0.717) is 11.5 Å². The number of halogens is 1. The van der Waals surface area contributed by atoms with Crippen LogP contribution in [0.3, 0.4) is 0 Å². The van der Waals surface area contributed by atoms with Gasteiger partial charge in [0.15, 0.2) is 0 Å². The van der Waals surface area contributed by atoms with Crippen molar-refractivity contribution in [2.45, 2.75) is 25.4 Å². The van der Waals surface area contributed by atoms with Crippen molar-refractivity contribution in [1.82, 2.24) is 4.98 Å². The van der Waals surface area contributed by atoms with Crippen LogP contribution in [0.1, 0.15) is 30.0 Å². The van der Waals surface area contributed by atoms with Gasteiger partial charge < -0.3 is 5.11 Å². The van der Waals surface area contributed by atoms with E-state index >= 15 is 0 Å². The molecule has 1 fully saturated rings. The van der Waals surface area contributed by atoms with Gasteiger partial charge in [-0.15, -0.1) is 0 Å². The van der Waals surface area contributed by atoms with Crippen LogP contribution in [0.4, 0.5) is 4.39 Å². The van der Waals surface area contributed by atoms with Gasteiger partial charge in [-0.05, 0) is 25.0 Å². The Morgan fingerprint density at radius 3 is 2.50 bits per heavy atom. The quantitative estimate of drug-likeness (QED) is 0.776. The zero-order valence-electron chi connectivity index (χ0n) is 12.1. The molecule has 0 unspecified atom stereocenters. The fraction of sp³-hybridized carbons (Fsp3) is 0.211. The van der Waals surface area contributed by atoms with Gasteiger partial charge in [0.1, 0.15) is 5.82 Å². The summed E-state index contributed by atoms with van der Waals surface area (Å²) in [6.07, 6.45) is 2.18. The number of aromatic nitrogens is 1. The Morgan fingerprint density at radius 1 is 1.05 bits per heavy atom. The number of hydrogen-bond donors (Lipinski definition) is 1. The first-order valence-corrected chi connectivity index (χ1v) is 7.57. The summed E-state index contributed by atoms with van der Waals surface area (Å²) in [5, 5.41) is 10.8. The molecule has 1 saturated carbocycles. The molecule has 0 amide bonds. The van der Waals surface area contributed by atoms with E-state index in [2.05, 4.69) is 0 Å². The first-order chi connectivity index (χ1) is 10.8. The lowest BCUT2D eigenvalue weighted by Gasteiger charge is -2.16. The standard InChI is InChI=1S/C19H16FNO/c20-16-7-3-1-5-13(16)18-14-6-2-4-8-17(14)21-19(12-9-10-12)15(18)11-22/h1-8,12,22H,9-11H2. The number of aliphatic hydroxyl groups excluding tert-OH is 1. The molecule has 0 atom stereocenters. The van der Waals surface area contributed by atoms with Crippen LogP contribution < -0.4 is 0 Å². The second-order valence-corrected chi connectivity index (χ2v) is 5.78. The van der Waals surface area contributed by atoms with E-state index in [-0.39, 0.29) is 12.4 Å². The maximum Gasteiger partial charge on any atom is 0.131 e. The van der Waals surface area contributed by atoms with Crippen LogP contribution in [0.25, 0.3) is 22.0 Å². The van der Waals surface area contributed by atoms with Gasteiger partial charge in [-0.1, -0.05) is 36.4 Å². The van der Waals surface area contributed by atoms with E-state index in [1.807, 2.05) is 30.3 Å². The first-order valence-electron chi connectivity index (χ1n) is 7.57. The van der Waals surface area contributed by atoms with Crippen LogP contribution in [0.5, 0.6) is 0 Å². The van der Waals surface area contributed by atoms with E-state index < -0.39 is 0 Å². The lowest BCUT2D eigenvalue weighted by Crippen LogP contribution is -2.02. The van der Waals surface area contributed by atoms with Gasteiger partial charge in [-0.2, -0.15) is 0 Å². The Labute approximate surface area is 128 Å². The number of hydrogen-bond acceptors (Lipinski definition) is 2. The zero-order valence-corrected chi connectivity index (χ0v) is 12.1. The molecule has 4 rings (SSSR count). The molecule has 1 aliphatic carbocycles. The number of nitrogens with zero attached hydrogens (tertiary/aromatic N) is 1. The molecule has 1 N–H and O–H groups in total. The topological polar surface area (TPSA) is 33.1 Å². The van der Waals surface area contributed by atoms with Crippen molar-refractivity contribution >= 4 is 10.9 Å². The van der Waals surface area contributed by atoms with Crippen molar-refractivity contribution in [3.8, 4) is 11.1 Å². The molecule has 0 bridgehead atoms. The smallest absolute Gasteiger partial charge is 0.131 e. The SMILES string of the molecule is OCc1c(C2CC2)nc2ccccc2c1-c1ccccc1F. The number of para-hydroxylation sites is 1. The Balaban J connectivity index is 2.12. The molecule has 3 heteroatoms. The lowest BCUT2D eigenvalue weighted by atomic mass is 9.93. The Morgan fingerprint density at radius 2 is 1.77 bits per heavy atom. The molecule has 1 aromatic heterocycles. The number of pyridine rings is 1. The highest BCUT2D eigenvalue weighted by Crippen LogP contribution is 2.45. The lowest BCUT2D eigenvalue weighted by molar-refractivity contribution is 0.280. The molecule has 110 valence electrons. The summed E-state index contributed by atoms with van der Waals surface area (Å²) in [6.45, 7) is -0.118. The largest absolute Gasteiger partial charge is 0.392 e. The maximum atomic E-state index is 14.4. The third-order valence-corrected chi connectivity index (χ3v) is 4.29. The van der Waals surface area contributed by atoms with E-state index in [9.17, 15) is 9.50 Å². The summed E-state index contributed by atoms with van der Waals surface area (Å²) in [6, 6.07) is 14.5. The molecule has 2 nitrogen and oxygen atoms in total. The molecule has 2 aromatic carbocycles. The first kappa shape index (κ1) is 13.4. The minimum Gasteiger partial charge on any atom is -0.392 e. The van der Waals surface area contributed by atoms with Gasteiger partial charge in [-0.3, -0.25) is 4.98 Å². The minimum atomic E-state index is -0.268. The molecule has 0 radical (unpaired) electrons. The van der Waals surface area contributed by atoms with E-state index in [1.165, 1.54) is 6.07 Å². The highest BCUT2D eigenvalue weighted by Gasteiger charge is 2.30. The van der Waals surface area contributed by atoms with Crippen LogP contribution in [0.2, 0.25) is 0 Å². The second kappa shape index (κ2) is 5.18. The summed E-state index contributed by atoms with van der Waals surface area (Å²) < 4.78 is 14.4. The van der Waals surface area contributed by atoms with Crippen LogP contribution in [-0.4, -0.2) is 10.1 Å². The molecule has 22 heavy (non-hydrogen) atoms. The van der Waals surface area contributed by atoms with Crippen molar-refractivity contribution in [3.05, 3.63) is 65.6 Å². The van der Waals surface area contributed by atoms with Gasteiger partial charge in [0.05, 0.1) is 17.8 Å². The molecular formula is C19H16FNO. The third-order valence-electron chi connectivity index (χ3n) is 4.29. The highest BCUT2D eigenvalue weighted by molar-refractivity contribution is 5.96. The Bertz CT molecular complexity index is 855. The molecule has 0 saturated heterocycles. The zero-order chi connectivity index (χ0) is 15.1. The Hall–Kier alpha value is -2.26. The number of benzene rings is 2. The van der Waals surface area contributed by atoms with Crippen LogP contribution >= 0.6 is 0 Å². The summed E-state index contributed by atoms with van der Waals surface area (Å²) in [4.78, 5) is 4.74. The summed E-state index contributed by atoms with van der Waals surface area (Å²) >= 11 is 0. The predicted octanol–water partition coefficient (Wildman–Crippen LogP) is 4.41. The molecule has 0 aliphatic heterocycles. The van der Waals surface area contributed by atoms with Crippen molar-refractivity contribution in [2.75, 3.05) is 0 Å². The predicted molar refractivity (Wildman–Crippen MR) is 85.0 cm³/mol. The van der Waals surface area contributed by atoms with Crippen LogP contribution in [0.15, 0.2) is 48.5 Å². The molecule has 1 heterocycles. The number of fused-ring (bicyclic) bond motifs is 1. The maximum absolute atomic E-state index is 14.4. The average Bonchev–Trinajstić information content (AvgIpc) is 3.38. The minimum absolute atomic E-state index is 0.118. The van der Waals surface area contributed by atoms with Gasteiger partial charge in [0.2, 0.25) is 0 Å². The summed E-state index contributed by atoms with van der Waals surface area (Å²) in [5.74, 6) is 0.132. The summed E-state index contributed by atoms with van der Waals surface area (Å²) in [7, 11) is 0.